The van der Waals surface area contributed by atoms with Crippen molar-refractivity contribution in [2.75, 3.05) is 6.54 Å². The number of carbonyl (C=O) groups excluding carboxylic acids is 2. The first-order valence-electron chi connectivity index (χ1n) is 9.50. The van der Waals surface area contributed by atoms with Crippen LogP contribution in [0.5, 0.6) is 0 Å². The van der Waals surface area contributed by atoms with E-state index in [9.17, 15) is 9.59 Å². The number of carbonyl (C=O) groups is 2. The molecule has 1 aromatic carbocycles. The summed E-state index contributed by atoms with van der Waals surface area (Å²) in [5, 5.41) is 0. The van der Waals surface area contributed by atoms with Gasteiger partial charge in [0.2, 0.25) is 5.70 Å². The monoisotopic (exact) mass is 421 g/mol. The molecule has 3 aliphatic heterocycles. The fraction of sp³-hybridized carbons (Fsp3) is 0.238. The van der Waals surface area contributed by atoms with Crippen molar-refractivity contribution in [1.82, 2.24) is 9.62 Å². The molecule has 1 fully saturated rings. The van der Waals surface area contributed by atoms with Crippen LogP contribution in [0.3, 0.4) is 0 Å². The molecule has 4 rings (SSSR count). The lowest BCUT2D eigenvalue weighted by Gasteiger charge is -2.27. The lowest BCUT2D eigenvalue weighted by Crippen LogP contribution is -2.53. The van der Waals surface area contributed by atoms with Gasteiger partial charge in [-0.3, -0.25) is 19.3 Å². The first kappa shape index (κ1) is 20.1. The first-order chi connectivity index (χ1) is 14.5. The molecule has 0 saturated carbocycles. The SMILES string of the molecule is CC#CC(=O)N1CCCC1C1=C2C=NC=C[N+]2(N)C(c2ccccc2C(=O)NS)=N1. The fourth-order valence-electron chi connectivity index (χ4n) is 4.04. The van der Waals surface area contributed by atoms with Gasteiger partial charge in [0.1, 0.15) is 11.9 Å². The number of amidine groups is 1. The van der Waals surface area contributed by atoms with Gasteiger partial charge in [-0.25, -0.2) is 0 Å². The van der Waals surface area contributed by atoms with Crippen LogP contribution in [0, 0.1) is 11.8 Å². The van der Waals surface area contributed by atoms with Crippen LogP contribution >= 0.6 is 12.8 Å². The van der Waals surface area contributed by atoms with Gasteiger partial charge in [-0.2, -0.15) is 10.8 Å². The number of rotatable bonds is 3. The highest BCUT2D eigenvalue weighted by atomic mass is 32.1. The van der Waals surface area contributed by atoms with Crippen molar-refractivity contribution in [2.24, 2.45) is 15.8 Å². The van der Waals surface area contributed by atoms with Gasteiger partial charge in [0.15, 0.2) is 0 Å². The van der Waals surface area contributed by atoms with E-state index in [4.69, 9.17) is 10.8 Å². The van der Waals surface area contributed by atoms with Crippen LogP contribution in [0.2, 0.25) is 0 Å². The molecule has 3 heterocycles. The van der Waals surface area contributed by atoms with Gasteiger partial charge in [-0.05, 0) is 37.8 Å². The number of nitrogens with two attached hydrogens (primary N) is 1. The Balaban J connectivity index is 1.85. The van der Waals surface area contributed by atoms with E-state index in [2.05, 4.69) is 34.4 Å². The average Bonchev–Trinajstić information content (AvgIpc) is 3.35. The summed E-state index contributed by atoms with van der Waals surface area (Å²) < 4.78 is 2.13. The molecular weight excluding hydrogens is 400 g/mol. The molecule has 1 saturated heterocycles. The number of nitrogens with one attached hydrogen (secondary N) is 1. The van der Waals surface area contributed by atoms with Crippen molar-refractivity contribution in [1.29, 1.82) is 0 Å². The molecule has 2 amide bonds. The van der Waals surface area contributed by atoms with Crippen LogP contribution in [0.15, 0.2) is 58.0 Å². The highest BCUT2D eigenvalue weighted by Gasteiger charge is 2.48. The minimum atomic E-state index is -0.358. The highest BCUT2D eigenvalue weighted by molar-refractivity contribution is 7.78. The zero-order valence-corrected chi connectivity index (χ0v) is 17.3. The molecule has 2 atom stereocenters. The molecule has 0 spiro atoms. The number of fused-ring (bicyclic) bond motifs is 1. The smallest absolute Gasteiger partial charge is 0.299 e. The molecule has 1 aromatic rings. The van der Waals surface area contributed by atoms with Crippen LogP contribution in [0.25, 0.3) is 0 Å². The van der Waals surface area contributed by atoms with E-state index in [0.29, 0.717) is 34.9 Å². The molecule has 152 valence electrons. The number of nitrogens with zero attached hydrogens (tertiary/aromatic N) is 4. The van der Waals surface area contributed by atoms with Gasteiger partial charge in [0, 0.05) is 6.54 Å². The van der Waals surface area contributed by atoms with E-state index in [1.165, 1.54) is 0 Å². The lowest BCUT2D eigenvalue weighted by atomic mass is 10.0. The average molecular weight is 422 g/mol. The van der Waals surface area contributed by atoms with E-state index in [0.717, 1.165) is 12.8 Å². The number of hydrogen-bond donors (Lipinski definition) is 3. The largest absolute Gasteiger partial charge is 0.323 e. The summed E-state index contributed by atoms with van der Waals surface area (Å²) in [6, 6.07) is 6.82. The van der Waals surface area contributed by atoms with Crippen LogP contribution in [-0.2, 0) is 4.79 Å². The summed E-state index contributed by atoms with van der Waals surface area (Å²) in [5.41, 5.74) is 2.33. The number of hydrogen-bond acceptors (Lipinski definition) is 6. The molecule has 30 heavy (non-hydrogen) atoms. The second kappa shape index (κ2) is 7.91. The molecule has 8 nitrogen and oxygen atoms in total. The Morgan fingerprint density at radius 1 is 1.37 bits per heavy atom. The second-order valence-electron chi connectivity index (χ2n) is 7.08. The Morgan fingerprint density at radius 2 is 2.17 bits per heavy atom. The van der Waals surface area contributed by atoms with E-state index in [-0.39, 0.29) is 22.4 Å². The minimum Gasteiger partial charge on any atom is -0.323 e. The number of aliphatic imine (C=N–C) groups is 2. The maximum Gasteiger partial charge on any atom is 0.299 e. The standard InChI is InChI=1S/C21H20N6O2S/c1-2-6-18(28)26-11-5-9-16(26)19-17-13-23-10-12-27(17,22)20(24-19)14-7-3-4-8-15(14)21(29)25-30/h3-4,7-8,10,12-13,16H,5,9,11,22H2,1H3,(H-,23,24,25,29,30)/p+1. The molecule has 3 N–H and O–H groups in total. The Bertz CT molecular complexity index is 1110. The van der Waals surface area contributed by atoms with Gasteiger partial charge in [0.25, 0.3) is 17.6 Å². The third kappa shape index (κ3) is 3.15. The number of benzene rings is 1. The highest BCUT2D eigenvalue weighted by Crippen LogP contribution is 2.37. The molecule has 0 radical (unpaired) electrons. The normalized spacial score (nSPS) is 24.3. The molecule has 0 bridgehead atoms. The summed E-state index contributed by atoms with van der Waals surface area (Å²) in [6.45, 7) is 2.25. The lowest BCUT2D eigenvalue weighted by molar-refractivity contribution is -0.750. The quantitative estimate of drug-likeness (QED) is 0.298. The number of allylic oxidation sites excluding steroid dienone is 1. The second-order valence-corrected chi connectivity index (χ2v) is 7.30. The van der Waals surface area contributed by atoms with Gasteiger partial charge in [0.05, 0.1) is 29.6 Å². The van der Waals surface area contributed by atoms with Crippen molar-refractivity contribution in [2.45, 2.75) is 25.8 Å². The molecule has 2 unspecified atom stereocenters. The topological polar surface area (TPSA) is 100 Å². The summed E-state index contributed by atoms with van der Waals surface area (Å²) in [6.07, 6.45) is 6.58. The molecule has 3 aliphatic rings. The third-order valence-corrected chi connectivity index (χ3v) is 5.60. The van der Waals surface area contributed by atoms with Crippen molar-refractivity contribution >= 4 is 36.7 Å². The predicted molar refractivity (Wildman–Crippen MR) is 117 cm³/mol. The van der Waals surface area contributed by atoms with E-state index in [1.807, 2.05) is 6.07 Å². The predicted octanol–water partition coefficient (Wildman–Crippen LogP) is 1.49. The Hall–Kier alpha value is -3.19. The summed E-state index contributed by atoms with van der Waals surface area (Å²) in [4.78, 5) is 35.8. The van der Waals surface area contributed by atoms with Crippen LogP contribution in [0.1, 0.15) is 35.7 Å². The molecule has 9 heteroatoms. The van der Waals surface area contributed by atoms with Gasteiger partial charge in [-0.15, -0.1) is 4.59 Å². The van der Waals surface area contributed by atoms with Crippen LogP contribution < -0.4 is 10.6 Å². The van der Waals surface area contributed by atoms with Crippen molar-refractivity contribution in [3.63, 3.8) is 0 Å². The molecule has 0 aliphatic carbocycles. The fourth-order valence-corrected chi connectivity index (χ4v) is 4.16. The number of quaternary nitrogens is 1. The van der Waals surface area contributed by atoms with Gasteiger partial charge in [-0.1, -0.05) is 30.9 Å². The Morgan fingerprint density at radius 3 is 2.93 bits per heavy atom. The molecule has 0 aromatic heterocycles. The minimum absolute atomic E-state index is 0.228. The van der Waals surface area contributed by atoms with E-state index < -0.39 is 0 Å². The van der Waals surface area contributed by atoms with Crippen molar-refractivity contribution in [3.05, 3.63) is 59.2 Å². The zero-order valence-electron chi connectivity index (χ0n) is 16.4. The molecular formula is C21H21N6O2S+. The van der Waals surface area contributed by atoms with E-state index >= 15 is 0 Å². The van der Waals surface area contributed by atoms with Gasteiger partial charge >= 0.3 is 0 Å². The maximum absolute atomic E-state index is 12.5. The van der Waals surface area contributed by atoms with Crippen molar-refractivity contribution < 1.29 is 14.2 Å². The maximum atomic E-state index is 12.5. The number of thiol groups is 1. The van der Waals surface area contributed by atoms with Crippen molar-refractivity contribution in [3.8, 4) is 11.8 Å². The Labute approximate surface area is 180 Å². The number of amides is 2. The summed E-state index contributed by atoms with van der Waals surface area (Å²) in [7, 11) is 0. The summed E-state index contributed by atoms with van der Waals surface area (Å²) in [5.74, 6) is 12.0. The third-order valence-electron chi connectivity index (χ3n) is 5.40. The van der Waals surface area contributed by atoms with Crippen LogP contribution in [0.4, 0.5) is 0 Å². The number of likely N-dealkylation sites (tertiary alicyclic amines) is 1. The van der Waals surface area contributed by atoms with E-state index in [1.54, 1.807) is 48.6 Å². The first-order valence-corrected chi connectivity index (χ1v) is 9.95. The Kier molecular flexibility index (Phi) is 5.30. The summed E-state index contributed by atoms with van der Waals surface area (Å²) >= 11 is 3.89. The zero-order chi connectivity index (χ0) is 21.3. The van der Waals surface area contributed by atoms with Crippen LogP contribution in [-0.4, -0.2) is 45.9 Å². The van der Waals surface area contributed by atoms with Gasteiger partial charge < -0.3 is 4.90 Å².